The van der Waals surface area contributed by atoms with Gasteiger partial charge < -0.3 is 10.6 Å². The van der Waals surface area contributed by atoms with Gasteiger partial charge in [0.1, 0.15) is 0 Å². The van der Waals surface area contributed by atoms with Crippen molar-refractivity contribution in [2.45, 2.75) is 110 Å². The van der Waals surface area contributed by atoms with Gasteiger partial charge in [0, 0.05) is 23.5 Å². The minimum Gasteiger partial charge on any atom is -0.351 e. The standard InChI is InChI=1S/C20H38N2O/c1-6-8-10-17-16-14-15(19(3,4)21-17)12-13-20(16,5)22-18(23)11-9-7-2/h15-17,21H,6-14H2,1-5H3,(H,22,23)/t15-,16+,17+,20-/m0/s1. The second-order valence-electron chi connectivity index (χ2n) is 8.76. The lowest BCUT2D eigenvalue weighted by Gasteiger charge is -2.57. The first kappa shape index (κ1) is 18.8. The van der Waals surface area contributed by atoms with E-state index < -0.39 is 0 Å². The topological polar surface area (TPSA) is 41.1 Å². The highest BCUT2D eigenvalue weighted by atomic mass is 16.1. The minimum absolute atomic E-state index is 0.0246. The van der Waals surface area contributed by atoms with Crippen LogP contribution in [-0.4, -0.2) is 23.0 Å². The molecule has 1 aliphatic heterocycles. The zero-order valence-corrected chi connectivity index (χ0v) is 16.0. The van der Waals surface area contributed by atoms with E-state index in [1.807, 2.05) is 0 Å². The molecule has 0 aromatic carbocycles. The summed E-state index contributed by atoms with van der Waals surface area (Å²) in [4.78, 5) is 12.4. The van der Waals surface area contributed by atoms with E-state index in [-0.39, 0.29) is 17.0 Å². The number of amides is 1. The van der Waals surface area contributed by atoms with Crippen LogP contribution in [0.5, 0.6) is 0 Å². The summed E-state index contributed by atoms with van der Waals surface area (Å²) in [7, 11) is 0. The third-order valence-electron chi connectivity index (χ3n) is 6.48. The van der Waals surface area contributed by atoms with Crippen molar-refractivity contribution >= 4 is 5.91 Å². The van der Waals surface area contributed by atoms with Gasteiger partial charge in [-0.3, -0.25) is 4.79 Å². The molecule has 2 fully saturated rings. The number of fused-ring (bicyclic) bond motifs is 2. The van der Waals surface area contributed by atoms with Crippen molar-refractivity contribution in [3.63, 3.8) is 0 Å². The van der Waals surface area contributed by atoms with Gasteiger partial charge in [-0.2, -0.15) is 0 Å². The van der Waals surface area contributed by atoms with Gasteiger partial charge in [-0.15, -0.1) is 0 Å². The van der Waals surface area contributed by atoms with Crippen molar-refractivity contribution in [3.05, 3.63) is 0 Å². The predicted octanol–water partition coefficient (Wildman–Crippen LogP) is 4.41. The number of rotatable bonds is 7. The highest BCUT2D eigenvalue weighted by Gasteiger charge is 2.52. The molecular weight excluding hydrogens is 284 g/mol. The van der Waals surface area contributed by atoms with Crippen LogP contribution < -0.4 is 10.6 Å². The van der Waals surface area contributed by atoms with E-state index in [1.54, 1.807) is 0 Å². The summed E-state index contributed by atoms with van der Waals surface area (Å²) < 4.78 is 0. The minimum atomic E-state index is -0.0246. The Morgan fingerprint density at radius 2 is 1.87 bits per heavy atom. The van der Waals surface area contributed by atoms with Crippen LogP contribution in [0.3, 0.4) is 0 Å². The first-order chi connectivity index (χ1) is 10.8. The van der Waals surface area contributed by atoms with E-state index in [2.05, 4.69) is 45.3 Å². The van der Waals surface area contributed by atoms with Gasteiger partial charge in [-0.1, -0.05) is 33.1 Å². The number of nitrogens with one attached hydrogen (secondary N) is 2. The van der Waals surface area contributed by atoms with E-state index in [0.29, 0.717) is 18.4 Å². The van der Waals surface area contributed by atoms with Crippen molar-refractivity contribution in [2.75, 3.05) is 0 Å². The molecule has 1 saturated heterocycles. The third-order valence-corrected chi connectivity index (χ3v) is 6.48. The van der Waals surface area contributed by atoms with Gasteiger partial charge in [0.15, 0.2) is 0 Å². The lowest BCUT2D eigenvalue weighted by atomic mass is 9.59. The molecule has 3 heteroatoms. The molecule has 0 spiro atoms. The molecule has 23 heavy (non-hydrogen) atoms. The molecule has 134 valence electrons. The number of hydrogen-bond acceptors (Lipinski definition) is 2. The Bertz CT molecular complexity index is 406. The molecule has 2 aliphatic rings. The molecule has 2 N–H and O–H groups in total. The fourth-order valence-electron chi connectivity index (χ4n) is 4.87. The molecule has 1 saturated carbocycles. The summed E-state index contributed by atoms with van der Waals surface area (Å²) in [5.41, 5.74) is 0.214. The van der Waals surface area contributed by atoms with E-state index >= 15 is 0 Å². The molecule has 0 aromatic rings. The first-order valence-electron chi connectivity index (χ1n) is 9.91. The Kier molecular flexibility index (Phi) is 6.16. The van der Waals surface area contributed by atoms with Gasteiger partial charge in [-0.05, 0) is 64.7 Å². The van der Waals surface area contributed by atoms with Gasteiger partial charge in [-0.25, -0.2) is 0 Å². The molecule has 2 rings (SSSR count). The van der Waals surface area contributed by atoms with Gasteiger partial charge in [0.25, 0.3) is 0 Å². The molecule has 0 aromatic heterocycles. The van der Waals surface area contributed by atoms with Crippen LogP contribution in [0.2, 0.25) is 0 Å². The van der Waals surface area contributed by atoms with E-state index in [4.69, 9.17) is 0 Å². The lowest BCUT2D eigenvalue weighted by Crippen LogP contribution is -2.68. The predicted molar refractivity (Wildman–Crippen MR) is 97.4 cm³/mol. The smallest absolute Gasteiger partial charge is 0.220 e. The molecule has 1 amide bonds. The molecule has 1 heterocycles. The van der Waals surface area contributed by atoms with Crippen LogP contribution in [0.25, 0.3) is 0 Å². The SMILES string of the molecule is CCCCC(=O)N[C@@]1(C)CC[C@H]2C[C@@H]1[C@@H](CCCC)NC2(C)C. The molecule has 0 unspecified atom stereocenters. The Balaban J connectivity index is 2.10. The number of carbonyl (C=O) groups excluding carboxylic acids is 1. The fraction of sp³-hybridized carbons (Fsp3) is 0.950. The van der Waals surface area contributed by atoms with Gasteiger partial charge in [0.05, 0.1) is 0 Å². The molecular formula is C20H38N2O. The van der Waals surface area contributed by atoms with Gasteiger partial charge >= 0.3 is 0 Å². The molecule has 3 nitrogen and oxygen atoms in total. The first-order valence-corrected chi connectivity index (χ1v) is 9.91. The van der Waals surface area contributed by atoms with Crippen LogP contribution in [-0.2, 0) is 4.79 Å². The average molecular weight is 323 g/mol. The number of piperidine rings is 1. The summed E-state index contributed by atoms with van der Waals surface area (Å²) in [6.07, 6.45) is 10.1. The summed E-state index contributed by atoms with van der Waals surface area (Å²) in [6, 6.07) is 0.540. The monoisotopic (exact) mass is 322 g/mol. The Labute approximate surface area is 143 Å². The number of unbranched alkanes of at least 4 members (excludes halogenated alkanes) is 2. The van der Waals surface area contributed by atoms with Crippen LogP contribution in [0.15, 0.2) is 0 Å². The largest absolute Gasteiger partial charge is 0.351 e. The number of carbonyl (C=O) groups is 1. The maximum Gasteiger partial charge on any atom is 0.220 e. The van der Waals surface area contributed by atoms with Crippen molar-refractivity contribution in [1.82, 2.24) is 10.6 Å². The van der Waals surface area contributed by atoms with Gasteiger partial charge in [0.2, 0.25) is 5.91 Å². The maximum atomic E-state index is 12.4. The fourth-order valence-corrected chi connectivity index (χ4v) is 4.87. The van der Waals surface area contributed by atoms with E-state index in [1.165, 1.54) is 32.1 Å². The Morgan fingerprint density at radius 3 is 2.52 bits per heavy atom. The highest BCUT2D eigenvalue weighted by Crippen LogP contribution is 2.47. The number of hydrogen-bond donors (Lipinski definition) is 2. The molecule has 1 aliphatic carbocycles. The summed E-state index contributed by atoms with van der Waals surface area (Å²) in [5, 5.41) is 7.39. The molecule has 0 radical (unpaired) electrons. The van der Waals surface area contributed by atoms with Crippen molar-refractivity contribution in [1.29, 1.82) is 0 Å². The second kappa shape index (κ2) is 7.55. The Morgan fingerprint density at radius 1 is 1.17 bits per heavy atom. The summed E-state index contributed by atoms with van der Waals surface area (Å²) in [5.74, 6) is 1.57. The van der Waals surface area contributed by atoms with Crippen LogP contribution >= 0.6 is 0 Å². The maximum absolute atomic E-state index is 12.4. The zero-order chi connectivity index (χ0) is 17.1. The van der Waals surface area contributed by atoms with E-state index in [9.17, 15) is 4.79 Å². The second-order valence-corrected chi connectivity index (χ2v) is 8.76. The third kappa shape index (κ3) is 4.29. The summed E-state index contributed by atoms with van der Waals surface area (Å²) in [6.45, 7) is 11.5. The Hall–Kier alpha value is -0.570. The van der Waals surface area contributed by atoms with Crippen LogP contribution in [0.1, 0.15) is 92.4 Å². The van der Waals surface area contributed by atoms with Crippen molar-refractivity contribution < 1.29 is 4.79 Å². The highest BCUT2D eigenvalue weighted by molar-refractivity contribution is 5.76. The van der Waals surface area contributed by atoms with Crippen molar-refractivity contribution in [3.8, 4) is 0 Å². The normalized spacial score (nSPS) is 35.8. The molecule has 4 atom stereocenters. The van der Waals surface area contributed by atoms with Crippen molar-refractivity contribution in [2.24, 2.45) is 11.8 Å². The van der Waals surface area contributed by atoms with Crippen LogP contribution in [0.4, 0.5) is 0 Å². The summed E-state index contributed by atoms with van der Waals surface area (Å²) >= 11 is 0. The quantitative estimate of drug-likeness (QED) is 0.729. The lowest BCUT2D eigenvalue weighted by molar-refractivity contribution is -0.125. The zero-order valence-electron chi connectivity index (χ0n) is 16.0. The van der Waals surface area contributed by atoms with E-state index in [0.717, 1.165) is 25.2 Å². The van der Waals surface area contributed by atoms with Crippen LogP contribution in [0, 0.1) is 11.8 Å². The molecule has 2 bridgehead atoms. The average Bonchev–Trinajstić information content (AvgIpc) is 2.49.